The topological polar surface area (TPSA) is 52.6 Å². The number of methoxy groups -OCH3 is 1. The van der Waals surface area contributed by atoms with Gasteiger partial charge in [-0.3, -0.25) is 9.59 Å². The average Bonchev–Trinajstić information content (AvgIpc) is 2.42. The van der Waals surface area contributed by atoms with E-state index in [0.717, 1.165) is 5.56 Å². The molecule has 0 spiro atoms. The molecule has 1 aromatic carbocycles. The van der Waals surface area contributed by atoms with Gasteiger partial charge in [-0.15, -0.1) is 0 Å². The Kier molecular flexibility index (Phi) is 4.10. The van der Waals surface area contributed by atoms with E-state index >= 15 is 0 Å². The lowest BCUT2D eigenvalue weighted by Crippen LogP contribution is -2.33. The zero-order valence-corrected chi connectivity index (χ0v) is 10.3. The summed E-state index contributed by atoms with van der Waals surface area (Å²) in [5.41, 5.74) is 1.04. The maximum absolute atomic E-state index is 11.7. The Morgan fingerprint density at radius 3 is 2.78 bits per heavy atom. The molecule has 2 rings (SSSR count). The number of Topliss-reactive ketones (excluding diaryl/α,β-unsaturated/α-hetero) is 1. The van der Waals surface area contributed by atoms with Crippen LogP contribution in [-0.2, 0) is 19.1 Å². The van der Waals surface area contributed by atoms with Crippen molar-refractivity contribution < 1.29 is 19.1 Å². The highest BCUT2D eigenvalue weighted by Gasteiger charge is 2.31. The quantitative estimate of drug-likeness (QED) is 0.768. The Morgan fingerprint density at radius 1 is 1.39 bits per heavy atom. The normalized spacial score (nSPS) is 23.7. The number of carbonyl (C=O) groups is 2. The van der Waals surface area contributed by atoms with E-state index in [2.05, 4.69) is 4.74 Å². The zero-order chi connectivity index (χ0) is 13.0. The SMILES string of the molecule is COC(=O)C[C@H]1O[C@@H](c2ccccc2)CCC1=O. The molecule has 1 heterocycles. The van der Waals surface area contributed by atoms with Gasteiger partial charge in [-0.25, -0.2) is 0 Å². The minimum absolute atomic E-state index is 0.00132. The average molecular weight is 248 g/mol. The lowest BCUT2D eigenvalue weighted by molar-refractivity contribution is -0.155. The molecular weight excluding hydrogens is 232 g/mol. The fourth-order valence-corrected chi connectivity index (χ4v) is 2.09. The van der Waals surface area contributed by atoms with Crippen LogP contribution in [0.15, 0.2) is 30.3 Å². The van der Waals surface area contributed by atoms with E-state index in [9.17, 15) is 9.59 Å². The van der Waals surface area contributed by atoms with Crippen LogP contribution >= 0.6 is 0 Å². The lowest BCUT2D eigenvalue weighted by atomic mass is 9.96. The highest BCUT2D eigenvalue weighted by atomic mass is 16.5. The molecule has 1 aromatic rings. The van der Waals surface area contributed by atoms with Crippen LogP contribution in [0.2, 0.25) is 0 Å². The van der Waals surface area contributed by atoms with Crippen LogP contribution in [0.3, 0.4) is 0 Å². The number of carbonyl (C=O) groups excluding carboxylic acids is 2. The molecule has 1 aliphatic heterocycles. The molecule has 0 aromatic heterocycles. The summed E-state index contributed by atoms with van der Waals surface area (Å²) in [5, 5.41) is 0. The van der Waals surface area contributed by atoms with Gasteiger partial charge in [-0.1, -0.05) is 30.3 Å². The minimum atomic E-state index is -0.670. The largest absolute Gasteiger partial charge is 0.469 e. The zero-order valence-electron chi connectivity index (χ0n) is 10.3. The first kappa shape index (κ1) is 12.8. The summed E-state index contributed by atoms with van der Waals surface area (Å²) in [4.78, 5) is 22.9. The van der Waals surface area contributed by atoms with E-state index in [0.29, 0.717) is 12.8 Å². The highest BCUT2D eigenvalue weighted by molar-refractivity contribution is 5.87. The number of rotatable bonds is 3. The molecule has 2 atom stereocenters. The third-order valence-corrected chi connectivity index (χ3v) is 3.09. The van der Waals surface area contributed by atoms with Gasteiger partial charge in [0.15, 0.2) is 5.78 Å². The van der Waals surface area contributed by atoms with Crippen LogP contribution in [0.5, 0.6) is 0 Å². The van der Waals surface area contributed by atoms with Gasteiger partial charge in [0.05, 0.1) is 19.6 Å². The van der Waals surface area contributed by atoms with Crippen molar-refractivity contribution in [1.29, 1.82) is 0 Å². The molecule has 1 fully saturated rings. The van der Waals surface area contributed by atoms with Crippen LogP contribution in [0.4, 0.5) is 0 Å². The summed E-state index contributed by atoms with van der Waals surface area (Å²) < 4.78 is 10.3. The molecule has 18 heavy (non-hydrogen) atoms. The molecule has 4 heteroatoms. The smallest absolute Gasteiger partial charge is 0.308 e. The summed E-state index contributed by atoms with van der Waals surface area (Å²) in [7, 11) is 1.31. The Balaban J connectivity index is 2.04. The number of ether oxygens (including phenoxy) is 2. The van der Waals surface area contributed by atoms with Crippen molar-refractivity contribution in [2.24, 2.45) is 0 Å². The number of esters is 1. The summed E-state index contributed by atoms with van der Waals surface area (Å²) in [5.74, 6) is -0.436. The monoisotopic (exact) mass is 248 g/mol. The molecule has 1 saturated heterocycles. The van der Waals surface area contributed by atoms with Crippen molar-refractivity contribution >= 4 is 11.8 Å². The second kappa shape index (κ2) is 5.78. The first-order chi connectivity index (χ1) is 8.70. The van der Waals surface area contributed by atoms with E-state index in [1.54, 1.807) is 0 Å². The van der Waals surface area contributed by atoms with Crippen molar-refractivity contribution in [3.63, 3.8) is 0 Å². The lowest BCUT2D eigenvalue weighted by Gasteiger charge is -2.28. The molecule has 1 aliphatic rings. The predicted molar refractivity (Wildman–Crippen MR) is 64.9 cm³/mol. The summed E-state index contributed by atoms with van der Waals surface area (Å²) in [6.45, 7) is 0. The molecule has 0 bridgehead atoms. The van der Waals surface area contributed by atoms with E-state index in [4.69, 9.17) is 4.74 Å². The molecular formula is C14H16O4. The van der Waals surface area contributed by atoms with E-state index < -0.39 is 12.1 Å². The molecule has 0 amide bonds. The van der Waals surface area contributed by atoms with Crippen LogP contribution < -0.4 is 0 Å². The van der Waals surface area contributed by atoms with E-state index in [-0.39, 0.29) is 18.3 Å². The minimum Gasteiger partial charge on any atom is -0.469 e. The molecule has 0 aliphatic carbocycles. The molecule has 96 valence electrons. The first-order valence-corrected chi connectivity index (χ1v) is 6.00. The first-order valence-electron chi connectivity index (χ1n) is 6.00. The standard InChI is InChI=1S/C14H16O4/c1-17-14(16)9-13-11(15)7-8-12(18-13)10-5-3-2-4-6-10/h2-6,12-13H,7-9H2,1H3/t12-,13-/m1/s1. The second-order valence-corrected chi connectivity index (χ2v) is 4.31. The fourth-order valence-electron chi connectivity index (χ4n) is 2.09. The summed E-state index contributed by atoms with van der Waals surface area (Å²) >= 11 is 0. The Bertz CT molecular complexity index is 427. The Labute approximate surface area is 106 Å². The number of hydrogen-bond donors (Lipinski definition) is 0. The van der Waals surface area contributed by atoms with E-state index in [1.807, 2.05) is 30.3 Å². The summed E-state index contributed by atoms with van der Waals surface area (Å²) in [6.07, 6.45) is 0.329. The van der Waals surface area contributed by atoms with Gasteiger partial charge in [0.2, 0.25) is 0 Å². The van der Waals surface area contributed by atoms with Crippen molar-refractivity contribution in [3.05, 3.63) is 35.9 Å². The summed E-state index contributed by atoms with van der Waals surface area (Å²) in [6, 6.07) is 9.74. The van der Waals surface area contributed by atoms with Crippen molar-refractivity contribution in [1.82, 2.24) is 0 Å². The molecule has 0 unspecified atom stereocenters. The number of hydrogen-bond acceptors (Lipinski definition) is 4. The fraction of sp³-hybridized carbons (Fsp3) is 0.429. The van der Waals surface area contributed by atoms with Crippen LogP contribution in [-0.4, -0.2) is 25.0 Å². The van der Waals surface area contributed by atoms with Crippen LogP contribution in [0.25, 0.3) is 0 Å². The van der Waals surface area contributed by atoms with Gasteiger partial charge in [0, 0.05) is 6.42 Å². The maximum atomic E-state index is 11.7. The van der Waals surface area contributed by atoms with Gasteiger partial charge in [0.25, 0.3) is 0 Å². The van der Waals surface area contributed by atoms with Gasteiger partial charge < -0.3 is 9.47 Å². The third kappa shape index (κ3) is 2.96. The molecule has 0 N–H and O–H groups in total. The highest BCUT2D eigenvalue weighted by Crippen LogP contribution is 2.30. The molecule has 0 saturated carbocycles. The van der Waals surface area contributed by atoms with Crippen molar-refractivity contribution in [2.75, 3.05) is 7.11 Å². The van der Waals surface area contributed by atoms with Gasteiger partial charge in [0.1, 0.15) is 6.10 Å². The number of ketones is 1. The van der Waals surface area contributed by atoms with Crippen LogP contribution in [0, 0.1) is 0 Å². The Morgan fingerprint density at radius 2 is 2.11 bits per heavy atom. The molecule has 4 nitrogen and oxygen atoms in total. The van der Waals surface area contributed by atoms with Crippen LogP contribution in [0.1, 0.15) is 30.9 Å². The molecule has 0 radical (unpaired) electrons. The van der Waals surface area contributed by atoms with Crippen molar-refractivity contribution in [3.8, 4) is 0 Å². The van der Waals surface area contributed by atoms with Crippen molar-refractivity contribution in [2.45, 2.75) is 31.5 Å². The van der Waals surface area contributed by atoms with Gasteiger partial charge in [-0.2, -0.15) is 0 Å². The Hall–Kier alpha value is -1.68. The van der Waals surface area contributed by atoms with E-state index in [1.165, 1.54) is 7.11 Å². The maximum Gasteiger partial charge on any atom is 0.308 e. The predicted octanol–water partition coefficient (Wildman–Crippen LogP) is 2.04. The third-order valence-electron chi connectivity index (χ3n) is 3.09. The second-order valence-electron chi connectivity index (χ2n) is 4.31. The van der Waals surface area contributed by atoms with Gasteiger partial charge in [-0.05, 0) is 12.0 Å². The van der Waals surface area contributed by atoms with Gasteiger partial charge >= 0.3 is 5.97 Å². The number of benzene rings is 1.